The van der Waals surface area contributed by atoms with Gasteiger partial charge in [-0.1, -0.05) is 0 Å². The molecule has 3 heterocycles. The summed E-state index contributed by atoms with van der Waals surface area (Å²) < 4.78 is 19.1. The number of hydrogen-bond acceptors (Lipinski definition) is 7. The zero-order valence-corrected chi connectivity index (χ0v) is 18.9. The number of ether oxygens (including phenoxy) is 1. The van der Waals surface area contributed by atoms with E-state index in [9.17, 15) is 9.18 Å². The van der Waals surface area contributed by atoms with Gasteiger partial charge in [0.15, 0.2) is 0 Å². The molecular weight excluding hydrogens is 437 g/mol. The van der Waals surface area contributed by atoms with Gasteiger partial charge in [0.25, 0.3) is 0 Å². The summed E-state index contributed by atoms with van der Waals surface area (Å²) in [7, 11) is 1.94. The Bertz CT molecular complexity index is 1170. The van der Waals surface area contributed by atoms with E-state index in [4.69, 9.17) is 10.1 Å². The Labute approximate surface area is 196 Å². The first-order valence-electron chi connectivity index (χ1n) is 10.8. The highest BCUT2D eigenvalue weighted by Crippen LogP contribution is 2.22. The van der Waals surface area contributed by atoms with Gasteiger partial charge in [0.05, 0.1) is 17.9 Å². The first kappa shape index (κ1) is 23.1. The van der Waals surface area contributed by atoms with E-state index >= 15 is 0 Å². The predicted molar refractivity (Wildman–Crippen MR) is 129 cm³/mol. The molecule has 0 unspecified atom stereocenters. The summed E-state index contributed by atoms with van der Waals surface area (Å²) in [5.41, 5.74) is 2.90. The van der Waals surface area contributed by atoms with Crippen LogP contribution in [0.1, 0.15) is 11.3 Å². The first-order chi connectivity index (χ1) is 16.4. The molecule has 1 aromatic carbocycles. The maximum Gasteiger partial charge on any atom is 0.320 e. The Morgan fingerprint density at radius 1 is 1.21 bits per heavy atom. The van der Waals surface area contributed by atoms with Gasteiger partial charge in [-0.15, -0.1) is 0 Å². The molecule has 2 atom stereocenters. The van der Waals surface area contributed by atoms with Crippen LogP contribution in [-0.4, -0.2) is 59.4 Å². The number of nitrogens with zero attached hydrogens (tertiary/aromatic N) is 3. The van der Waals surface area contributed by atoms with Gasteiger partial charge in [-0.2, -0.15) is 0 Å². The number of benzene rings is 1. The van der Waals surface area contributed by atoms with Gasteiger partial charge in [-0.05, 0) is 56.4 Å². The zero-order chi connectivity index (χ0) is 24.1. The number of carbonyl (C=O) groups is 1. The third-order valence-electron chi connectivity index (χ3n) is 5.38. The number of halogens is 1. The average molecular weight is 464 g/mol. The summed E-state index contributed by atoms with van der Waals surface area (Å²) in [5, 5.41) is 16.6. The lowest BCUT2D eigenvalue weighted by molar-refractivity contribution is 0.182. The van der Waals surface area contributed by atoms with Crippen molar-refractivity contribution in [3.63, 3.8) is 0 Å². The average Bonchev–Trinajstić information content (AvgIpc) is 3.14. The van der Waals surface area contributed by atoms with Crippen LogP contribution in [0.3, 0.4) is 0 Å². The minimum Gasteiger partial charge on any atom is -0.487 e. The molecular formula is C24H26FN7O2. The fourth-order valence-electron chi connectivity index (χ4n) is 3.77. The number of amides is 2. The third kappa shape index (κ3) is 5.84. The largest absolute Gasteiger partial charge is 0.487 e. The van der Waals surface area contributed by atoms with Crippen molar-refractivity contribution in [2.45, 2.75) is 19.1 Å². The number of carbonyl (C=O) groups excluding carboxylic acids is 1. The monoisotopic (exact) mass is 463 g/mol. The van der Waals surface area contributed by atoms with Crippen molar-refractivity contribution in [1.29, 1.82) is 5.41 Å². The number of anilines is 3. The fraction of sp³-hybridized carbons (Fsp3) is 0.250. The molecule has 10 heteroatoms. The van der Waals surface area contributed by atoms with Crippen LogP contribution in [0.25, 0.3) is 0 Å². The number of rotatable bonds is 7. The number of urea groups is 1. The molecule has 2 amide bonds. The predicted octanol–water partition coefficient (Wildman–Crippen LogP) is 3.55. The topological polar surface area (TPSA) is 115 Å². The molecule has 1 aliphatic rings. The van der Waals surface area contributed by atoms with Crippen molar-refractivity contribution in [2.24, 2.45) is 0 Å². The number of nitrogens with one attached hydrogen (secondary N) is 4. The molecule has 0 bridgehead atoms. The van der Waals surface area contributed by atoms with Crippen molar-refractivity contribution in [3.05, 3.63) is 71.9 Å². The van der Waals surface area contributed by atoms with Crippen molar-refractivity contribution in [1.82, 2.24) is 20.2 Å². The maximum absolute atomic E-state index is 13.2. The Morgan fingerprint density at radius 2 is 2.00 bits per heavy atom. The Hall–Kier alpha value is -4.05. The van der Waals surface area contributed by atoms with E-state index in [-0.39, 0.29) is 18.0 Å². The van der Waals surface area contributed by atoms with E-state index in [2.05, 4.69) is 25.9 Å². The van der Waals surface area contributed by atoms with Gasteiger partial charge in [-0.25, -0.2) is 14.2 Å². The van der Waals surface area contributed by atoms with Crippen molar-refractivity contribution < 1.29 is 13.9 Å². The summed E-state index contributed by atoms with van der Waals surface area (Å²) >= 11 is 0. The van der Waals surface area contributed by atoms with E-state index < -0.39 is 6.03 Å². The highest BCUT2D eigenvalue weighted by molar-refractivity contribution is 5.92. The SMILES string of the molecule is Cc1cc(Nc2cnc(NC(=O)N[C@H]3CN(C)C[C@@H]3Oc3ccc(F)cc3)cc2C=N)ccn1. The molecule has 1 aliphatic heterocycles. The summed E-state index contributed by atoms with van der Waals surface area (Å²) in [5.74, 6) is 0.521. The number of aromatic nitrogens is 2. The molecule has 0 aliphatic carbocycles. The van der Waals surface area contributed by atoms with Crippen LogP contribution in [0.5, 0.6) is 5.75 Å². The zero-order valence-electron chi connectivity index (χ0n) is 18.9. The molecule has 4 rings (SSSR count). The van der Waals surface area contributed by atoms with Gasteiger partial charge < -0.3 is 25.7 Å². The molecule has 2 aromatic heterocycles. The number of likely N-dealkylation sites (N-methyl/N-ethyl adjacent to an activating group) is 1. The van der Waals surface area contributed by atoms with E-state index in [1.165, 1.54) is 18.3 Å². The van der Waals surface area contributed by atoms with Gasteiger partial charge in [0.1, 0.15) is 23.5 Å². The summed E-state index contributed by atoms with van der Waals surface area (Å²) in [6.07, 6.45) is 4.17. The van der Waals surface area contributed by atoms with E-state index in [1.54, 1.807) is 30.6 Å². The molecule has 3 aromatic rings. The number of likely N-dealkylation sites (tertiary alicyclic amines) is 1. The minimum atomic E-state index is -0.429. The third-order valence-corrected chi connectivity index (χ3v) is 5.38. The van der Waals surface area contributed by atoms with Crippen LogP contribution in [0, 0.1) is 18.2 Å². The van der Waals surface area contributed by atoms with Crippen LogP contribution in [0.4, 0.5) is 26.4 Å². The molecule has 1 saturated heterocycles. The number of pyridine rings is 2. The number of hydrogen-bond donors (Lipinski definition) is 4. The molecule has 9 nitrogen and oxygen atoms in total. The first-order valence-corrected chi connectivity index (χ1v) is 10.8. The Balaban J connectivity index is 1.39. The smallest absolute Gasteiger partial charge is 0.320 e. The van der Waals surface area contributed by atoms with Crippen LogP contribution in [0.15, 0.2) is 54.9 Å². The van der Waals surface area contributed by atoms with Gasteiger partial charge in [0.2, 0.25) is 0 Å². The number of aryl methyl sites for hydroxylation is 1. The van der Waals surface area contributed by atoms with Crippen LogP contribution >= 0.6 is 0 Å². The molecule has 34 heavy (non-hydrogen) atoms. The highest BCUT2D eigenvalue weighted by atomic mass is 19.1. The lowest BCUT2D eigenvalue weighted by Crippen LogP contribution is -2.47. The molecule has 0 spiro atoms. The van der Waals surface area contributed by atoms with Gasteiger partial charge >= 0.3 is 6.03 Å². The molecule has 0 radical (unpaired) electrons. The molecule has 4 N–H and O–H groups in total. The Morgan fingerprint density at radius 3 is 2.74 bits per heavy atom. The lowest BCUT2D eigenvalue weighted by Gasteiger charge is -2.21. The van der Waals surface area contributed by atoms with E-state index in [0.29, 0.717) is 35.9 Å². The standard InChI is InChI=1S/C24H26FN7O2/c1-15-9-18(7-8-27-15)29-20-12-28-23(10-16(20)11-26)31-24(33)30-21-13-32(2)14-22(21)34-19-5-3-17(25)4-6-19/h3-12,21-22,26H,13-14H2,1-2H3,(H,27,29)(H2,28,30,31,33)/t21-,22-/m0/s1. The summed E-state index contributed by atoms with van der Waals surface area (Å²) in [6, 6.07) is 10.4. The van der Waals surface area contributed by atoms with Crippen LogP contribution in [0.2, 0.25) is 0 Å². The van der Waals surface area contributed by atoms with Gasteiger partial charge in [-0.3, -0.25) is 10.3 Å². The summed E-state index contributed by atoms with van der Waals surface area (Å²) in [6.45, 7) is 3.12. The Kier molecular flexibility index (Phi) is 6.98. The van der Waals surface area contributed by atoms with Crippen LogP contribution < -0.4 is 20.7 Å². The van der Waals surface area contributed by atoms with Gasteiger partial charge in [0, 0.05) is 42.4 Å². The highest BCUT2D eigenvalue weighted by Gasteiger charge is 2.34. The van der Waals surface area contributed by atoms with E-state index in [0.717, 1.165) is 11.4 Å². The maximum atomic E-state index is 13.2. The molecule has 0 saturated carbocycles. The second-order valence-electron chi connectivity index (χ2n) is 8.15. The fourth-order valence-corrected chi connectivity index (χ4v) is 3.77. The molecule has 176 valence electrons. The second-order valence-corrected chi connectivity index (χ2v) is 8.15. The second kappa shape index (κ2) is 10.3. The molecule has 1 fully saturated rings. The van der Waals surface area contributed by atoms with Crippen molar-refractivity contribution in [3.8, 4) is 5.75 Å². The quantitative estimate of drug-likeness (QED) is 0.399. The lowest BCUT2D eigenvalue weighted by atomic mass is 10.2. The van der Waals surface area contributed by atoms with E-state index in [1.807, 2.05) is 31.0 Å². The normalized spacial score (nSPS) is 17.7. The van der Waals surface area contributed by atoms with Crippen molar-refractivity contribution in [2.75, 3.05) is 30.8 Å². The van der Waals surface area contributed by atoms with Crippen LogP contribution in [-0.2, 0) is 0 Å². The van der Waals surface area contributed by atoms with Crippen molar-refractivity contribution >= 4 is 29.4 Å². The minimum absolute atomic E-state index is 0.270. The summed E-state index contributed by atoms with van der Waals surface area (Å²) in [4.78, 5) is 23.2.